The van der Waals surface area contributed by atoms with E-state index in [4.69, 9.17) is 9.47 Å². The maximum absolute atomic E-state index is 12.4. The molecule has 0 radical (unpaired) electrons. The molecule has 170 valence electrons. The lowest BCUT2D eigenvalue weighted by Gasteiger charge is -2.11. The van der Waals surface area contributed by atoms with E-state index in [1.54, 1.807) is 48.5 Å². The molecule has 31 heavy (non-hydrogen) atoms. The predicted octanol–water partition coefficient (Wildman–Crippen LogP) is 6.94. The molecule has 0 unspecified atom stereocenters. The molecule has 2 aromatic carbocycles. The van der Waals surface area contributed by atoms with Crippen LogP contribution in [0.4, 0.5) is 0 Å². The van der Waals surface area contributed by atoms with E-state index in [-0.39, 0.29) is 0 Å². The van der Waals surface area contributed by atoms with Gasteiger partial charge in [0, 0.05) is 0 Å². The van der Waals surface area contributed by atoms with Crippen LogP contribution in [0.25, 0.3) is 0 Å². The van der Waals surface area contributed by atoms with Gasteiger partial charge in [0.1, 0.15) is 17.3 Å². The van der Waals surface area contributed by atoms with Gasteiger partial charge in [-0.15, -0.1) is 0 Å². The number of carbonyl (C=O) groups excluding carboxylic acids is 1. The lowest BCUT2D eigenvalue weighted by Crippen LogP contribution is -2.09. The number of esters is 1. The van der Waals surface area contributed by atoms with Crippen LogP contribution in [0.5, 0.6) is 11.5 Å². The second-order valence-electron chi connectivity index (χ2n) is 7.76. The first kappa shape index (κ1) is 25.3. The van der Waals surface area contributed by atoms with Crippen molar-refractivity contribution in [2.45, 2.75) is 76.5 Å². The number of hydrogen-bond acceptors (Lipinski definition) is 4. The molecule has 0 heterocycles. The number of rotatable bonds is 15. The third kappa shape index (κ3) is 9.79. The molecule has 0 aliphatic rings. The van der Waals surface area contributed by atoms with Gasteiger partial charge in [-0.25, -0.2) is 4.79 Å². The Bertz CT molecular complexity index is 743. The third-order valence-corrected chi connectivity index (χ3v) is 6.54. The van der Waals surface area contributed by atoms with Crippen LogP contribution >= 0.6 is 0 Å². The molecule has 0 N–H and O–H groups in total. The SMILES string of the molecule is CCCCCCCCOc1ccc(C(=O)Oc2ccc([S@+]([O-])CCCCC)cc2)cc1. The number of unbranched alkanes of at least 4 members (excludes halogenated alkanes) is 7. The Morgan fingerprint density at radius 2 is 1.35 bits per heavy atom. The van der Waals surface area contributed by atoms with E-state index in [9.17, 15) is 9.35 Å². The molecular formula is C26H36O4S. The number of carbonyl (C=O) groups is 1. The summed E-state index contributed by atoms with van der Waals surface area (Å²) in [5.74, 6) is 1.46. The average molecular weight is 445 g/mol. The van der Waals surface area contributed by atoms with Crippen molar-refractivity contribution < 1.29 is 18.8 Å². The van der Waals surface area contributed by atoms with Gasteiger partial charge < -0.3 is 14.0 Å². The zero-order valence-electron chi connectivity index (χ0n) is 18.9. The molecule has 4 nitrogen and oxygen atoms in total. The van der Waals surface area contributed by atoms with Crippen LogP contribution in [-0.4, -0.2) is 22.9 Å². The quantitative estimate of drug-likeness (QED) is 0.129. The molecule has 0 spiro atoms. The summed E-state index contributed by atoms with van der Waals surface area (Å²) in [6.07, 6.45) is 10.5. The van der Waals surface area contributed by atoms with Gasteiger partial charge in [-0.05, 0) is 79.0 Å². The average Bonchev–Trinajstić information content (AvgIpc) is 2.79. The normalized spacial score (nSPS) is 11.8. The highest BCUT2D eigenvalue weighted by atomic mass is 32.2. The molecular weight excluding hydrogens is 408 g/mol. The maximum Gasteiger partial charge on any atom is 0.343 e. The topological polar surface area (TPSA) is 58.6 Å². The van der Waals surface area contributed by atoms with E-state index < -0.39 is 17.1 Å². The molecule has 0 fully saturated rings. The predicted molar refractivity (Wildman–Crippen MR) is 128 cm³/mol. The van der Waals surface area contributed by atoms with E-state index in [2.05, 4.69) is 13.8 Å². The van der Waals surface area contributed by atoms with E-state index in [1.807, 2.05) is 0 Å². The van der Waals surface area contributed by atoms with Gasteiger partial charge in [-0.3, -0.25) is 0 Å². The summed E-state index contributed by atoms with van der Waals surface area (Å²) in [6.45, 7) is 5.04. The van der Waals surface area contributed by atoms with Gasteiger partial charge in [0.05, 0.1) is 12.2 Å². The molecule has 0 aliphatic carbocycles. The summed E-state index contributed by atoms with van der Waals surface area (Å²) in [6, 6.07) is 14.0. The summed E-state index contributed by atoms with van der Waals surface area (Å²) in [5.41, 5.74) is 0.471. The minimum absolute atomic E-state index is 0.417. The van der Waals surface area contributed by atoms with Crippen molar-refractivity contribution in [3.05, 3.63) is 54.1 Å². The van der Waals surface area contributed by atoms with Crippen molar-refractivity contribution in [1.82, 2.24) is 0 Å². The Morgan fingerprint density at radius 3 is 2.03 bits per heavy atom. The van der Waals surface area contributed by atoms with Crippen molar-refractivity contribution >= 4 is 17.1 Å². The molecule has 1 atom stereocenters. The minimum Gasteiger partial charge on any atom is -0.611 e. The zero-order valence-corrected chi connectivity index (χ0v) is 19.8. The van der Waals surface area contributed by atoms with Gasteiger partial charge in [-0.1, -0.05) is 52.4 Å². The molecule has 0 saturated carbocycles. The minimum atomic E-state index is -1.01. The third-order valence-electron chi connectivity index (χ3n) is 5.09. The van der Waals surface area contributed by atoms with Crippen molar-refractivity contribution in [3.8, 4) is 11.5 Å². The molecule has 2 rings (SSSR count). The number of hydrogen-bond donors (Lipinski definition) is 0. The summed E-state index contributed by atoms with van der Waals surface area (Å²) in [7, 11) is 0. The van der Waals surface area contributed by atoms with Crippen molar-refractivity contribution in [1.29, 1.82) is 0 Å². The Labute approximate surface area is 190 Å². The number of benzene rings is 2. The summed E-state index contributed by atoms with van der Waals surface area (Å²) < 4.78 is 23.4. The van der Waals surface area contributed by atoms with Crippen molar-refractivity contribution in [3.63, 3.8) is 0 Å². The molecule has 0 bridgehead atoms. The van der Waals surface area contributed by atoms with Crippen LogP contribution in [0.15, 0.2) is 53.4 Å². The molecule has 0 amide bonds. The van der Waals surface area contributed by atoms with Crippen molar-refractivity contribution in [2.24, 2.45) is 0 Å². The highest BCUT2D eigenvalue weighted by Crippen LogP contribution is 2.20. The van der Waals surface area contributed by atoms with Crippen LogP contribution in [0, 0.1) is 0 Å². The Balaban J connectivity index is 1.75. The Hall–Kier alpha value is -1.98. The molecule has 0 aliphatic heterocycles. The summed E-state index contributed by atoms with van der Waals surface area (Å²) in [4.78, 5) is 13.1. The summed E-state index contributed by atoms with van der Waals surface area (Å²) >= 11 is -1.01. The van der Waals surface area contributed by atoms with Crippen LogP contribution in [0.2, 0.25) is 0 Å². The fraction of sp³-hybridized carbons (Fsp3) is 0.500. The first-order valence-corrected chi connectivity index (χ1v) is 12.9. The van der Waals surface area contributed by atoms with Gasteiger partial charge in [0.15, 0.2) is 4.90 Å². The van der Waals surface area contributed by atoms with Gasteiger partial charge in [-0.2, -0.15) is 0 Å². The number of ether oxygens (including phenoxy) is 2. The van der Waals surface area contributed by atoms with Crippen LogP contribution in [0.1, 0.15) is 82.0 Å². The first-order valence-electron chi connectivity index (χ1n) is 11.6. The second-order valence-corrected chi connectivity index (χ2v) is 9.33. The summed E-state index contributed by atoms with van der Waals surface area (Å²) in [5, 5.41) is 0. The lowest BCUT2D eigenvalue weighted by molar-refractivity contribution is 0.0734. The molecule has 5 heteroatoms. The highest BCUT2D eigenvalue weighted by Gasteiger charge is 2.13. The Kier molecular flexibility index (Phi) is 12.2. The molecule has 0 aromatic heterocycles. The second kappa shape index (κ2) is 14.9. The van der Waals surface area contributed by atoms with E-state index in [0.717, 1.165) is 36.3 Å². The van der Waals surface area contributed by atoms with Gasteiger partial charge >= 0.3 is 5.97 Å². The lowest BCUT2D eigenvalue weighted by atomic mass is 10.1. The largest absolute Gasteiger partial charge is 0.611 e. The van der Waals surface area contributed by atoms with Crippen LogP contribution in [-0.2, 0) is 11.2 Å². The zero-order chi connectivity index (χ0) is 22.3. The van der Waals surface area contributed by atoms with Crippen LogP contribution in [0.3, 0.4) is 0 Å². The fourth-order valence-corrected chi connectivity index (χ4v) is 4.33. The highest BCUT2D eigenvalue weighted by molar-refractivity contribution is 7.91. The maximum atomic E-state index is 12.4. The molecule has 2 aromatic rings. The monoisotopic (exact) mass is 444 g/mol. The standard InChI is InChI=1S/C26H36O4S/c1-3-5-7-8-9-10-20-29-23-14-12-22(13-15-23)26(27)30-24-16-18-25(19-17-24)31(28)21-11-6-4-2/h12-19H,3-11,20-21H2,1-2H3/t31-/m1/s1. The Morgan fingerprint density at radius 1 is 0.774 bits per heavy atom. The van der Waals surface area contributed by atoms with Crippen molar-refractivity contribution in [2.75, 3.05) is 12.4 Å². The van der Waals surface area contributed by atoms with Gasteiger partial charge in [0.25, 0.3) is 0 Å². The fourth-order valence-electron chi connectivity index (χ4n) is 3.19. The van der Waals surface area contributed by atoms with Gasteiger partial charge in [0.2, 0.25) is 0 Å². The smallest absolute Gasteiger partial charge is 0.343 e. The van der Waals surface area contributed by atoms with E-state index in [0.29, 0.717) is 23.7 Å². The molecule has 0 saturated heterocycles. The van der Waals surface area contributed by atoms with E-state index >= 15 is 0 Å². The van der Waals surface area contributed by atoms with Crippen LogP contribution < -0.4 is 9.47 Å². The van der Waals surface area contributed by atoms with E-state index in [1.165, 1.54) is 32.1 Å². The first-order chi connectivity index (χ1) is 15.1.